The fourth-order valence-corrected chi connectivity index (χ4v) is 3.33. The molecule has 0 saturated heterocycles. The number of carbonyl (C=O) groups excluding carboxylic acids is 1. The minimum absolute atomic E-state index is 0.221. The van der Waals surface area contributed by atoms with Gasteiger partial charge in [-0.15, -0.1) is 0 Å². The average Bonchev–Trinajstić information content (AvgIpc) is 3.14. The number of aryl methyl sites for hydroxylation is 1. The highest BCUT2D eigenvalue weighted by atomic mass is 16.5. The monoisotopic (exact) mass is 416 g/mol. The van der Waals surface area contributed by atoms with Gasteiger partial charge in [-0.05, 0) is 18.2 Å². The molecule has 2 aromatic heterocycles. The second-order valence-corrected chi connectivity index (χ2v) is 6.64. The topological polar surface area (TPSA) is 106 Å². The summed E-state index contributed by atoms with van der Waals surface area (Å²) in [5.74, 6) is 0.545. The van der Waals surface area contributed by atoms with Gasteiger partial charge >= 0.3 is 5.69 Å². The van der Waals surface area contributed by atoms with Gasteiger partial charge in [0.05, 0.1) is 31.9 Å². The van der Waals surface area contributed by atoms with E-state index in [2.05, 4.69) is 5.32 Å². The molecule has 0 bridgehead atoms. The molecule has 10 nitrogen and oxygen atoms in total. The molecule has 1 amide bonds. The zero-order chi connectivity index (χ0) is 22.0. The van der Waals surface area contributed by atoms with Gasteiger partial charge in [-0.3, -0.25) is 18.7 Å². The van der Waals surface area contributed by atoms with Gasteiger partial charge in [-0.25, -0.2) is 4.79 Å². The van der Waals surface area contributed by atoms with Crippen molar-refractivity contribution in [1.82, 2.24) is 13.7 Å². The number of methoxy groups -OCH3 is 3. The Kier molecular flexibility index (Phi) is 5.97. The number of hydrogen-bond acceptors (Lipinski definition) is 6. The summed E-state index contributed by atoms with van der Waals surface area (Å²) >= 11 is 0. The summed E-state index contributed by atoms with van der Waals surface area (Å²) in [4.78, 5) is 38.2. The number of hydrogen-bond donors (Lipinski definition) is 1. The van der Waals surface area contributed by atoms with Crippen molar-refractivity contribution in [2.75, 3.05) is 33.3 Å². The van der Waals surface area contributed by atoms with Crippen LogP contribution in [0.25, 0.3) is 11.0 Å². The summed E-state index contributed by atoms with van der Waals surface area (Å²) in [6.07, 6.45) is 0. The first-order valence-electron chi connectivity index (χ1n) is 9.15. The highest BCUT2D eigenvalue weighted by molar-refractivity contribution is 6.06. The molecular formula is C20H24N4O6. The standard InChI is InChI=1S/C20H24N4O6/c1-22-18-13(19(26)23(2)20(22)27)11-15(24(18)8-9-28-3)17(25)21-14-7-6-12(29-4)10-16(14)30-5/h6-7,10-11H,8-9H2,1-5H3,(H,21,25). The Morgan fingerprint density at radius 1 is 1.03 bits per heavy atom. The van der Waals surface area contributed by atoms with E-state index in [4.69, 9.17) is 14.2 Å². The van der Waals surface area contributed by atoms with Crippen LogP contribution in [-0.2, 0) is 25.4 Å². The van der Waals surface area contributed by atoms with Crippen LogP contribution >= 0.6 is 0 Å². The van der Waals surface area contributed by atoms with Crippen LogP contribution < -0.4 is 26.0 Å². The Hall–Kier alpha value is -3.53. The first-order chi connectivity index (χ1) is 14.3. The number of fused-ring (bicyclic) bond motifs is 1. The summed E-state index contributed by atoms with van der Waals surface area (Å²) in [5, 5.41) is 3.06. The quantitative estimate of drug-likeness (QED) is 0.615. The van der Waals surface area contributed by atoms with Crippen molar-refractivity contribution in [2.45, 2.75) is 6.54 Å². The third-order valence-electron chi connectivity index (χ3n) is 4.90. The lowest BCUT2D eigenvalue weighted by Crippen LogP contribution is -2.37. The average molecular weight is 416 g/mol. The zero-order valence-electron chi connectivity index (χ0n) is 17.5. The van der Waals surface area contributed by atoms with Gasteiger partial charge in [-0.1, -0.05) is 0 Å². The van der Waals surface area contributed by atoms with Crippen LogP contribution in [0.15, 0.2) is 33.9 Å². The predicted octanol–water partition coefficient (Wildman–Crippen LogP) is 0.955. The van der Waals surface area contributed by atoms with E-state index in [1.807, 2.05) is 0 Å². The maximum atomic E-state index is 13.1. The molecule has 0 atom stereocenters. The van der Waals surface area contributed by atoms with Crippen molar-refractivity contribution in [3.63, 3.8) is 0 Å². The van der Waals surface area contributed by atoms with Crippen molar-refractivity contribution in [3.8, 4) is 11.5 Å². The van der Waals surface area contributed by atoms with E-state index >= 15 is 0 Å². The van der Waals surface area contributed by atoms with Crippen molar-refractivity contribution in [3.05, 3.63) is 50.8 Å². The Balaban J connectivity index is 2.14. The molecule has 0 aliphatic carbocycles. The fourth-order valence-electron chi connectivity index (χ4n) is 3.33. The third-order valence-corrected chi connectivity index (χ3v) is 4.90. The van der Waals surface area contributed by atoms with Gasteiger partial charge in [-0.2, -0.15) is 0 Å². The summed E-state index contributed by atoms with van der Waals surface area (Å²) in [6, 6.07) is 6.48. The number of benzene rings is 1. The number of anilines is 1. The molecule has 0 unspecified atom stereocenters. The van der Waals surface area contributed by atoms with Crippen molar-refractivity contribution in [1.29, 1.82) is 0 Å². The molecule has 160 valence electrons. The van der Waals surface area contributed by atoms with Crippen LogP contribution in [0.2, 0.25) is 0 Å². The van der Waals surface area contributed by atoms with Crippen LogP contribution in [0, 0.1) is 0 Å². The second kappa shape index (κ2) is 8.46. The smallest absolute Gasteiger partial charge is 0.332 e. The normalized spacial score (nSPS) is 11.0. The van der Waals surface area contributed by atoms with Crippen LogP contribution in [0.4, 0.5) is 5.69 Å². The Morgan fingerprint density at radius 2 is 1.77 bits per heavy atom. The van der Waals surface area contributed by atoms with Crippen LogP contribution in [-0.4, -0.2) is 47.5 Å². The first kappa shape index (κ1) is 21.2. The van der Waals surface area contributed by atoms with Gasteiger partial charge in [0.25, 0.3) is 11.5 Å². The third kappa shape index (κ3) is 3.57. The lowest BCUT2D eigenvalue weighted by Gasteiger charge is -2.14. The molecule has 0 aliphatic heterocycles. The lowest BCUT2D eigenvalue weighted by molar-refractivity contribution is 0.101. The summed E-state index contributed by atoms with van der Waals surface area (Å²) in [7, 11) is 7.51. The number of nitrogens with zero attached hydrogens (tertiary/aromatic N) is 3. The Bertz CT molecular complexity index is 1220. The molecule has 0 radical (unpaired) electrons. The highest BCUT2D eigenvalue weighted by Crippen LogP contribution is 2.29. The van der Waals surface area contributed by atoms with Crippen molar-refractivity contribution >= 4 is 22.6 Å². The fraction of sp³-hybridized carbons (Fsp3) is 0.350. The molecule has 0 fully saturated rings. The molecule has 0 aliphatic rings. The number of aromatic nitrogens is 3. The van der Waals surface area contributed by atoms with Gasteiger partial charge in [0.15, 0.2) is 0 Å². The van der Waals surface area contributed by atoms with E-state index < -0.39 is 17.2 Å². The van der Waals surface area contributed by atoms with E-state index in [9.17, 15) is 14.4 Å². The van der Waals surface area contributed by atoms with Crippen molar-refractivity contribution < 1.29 is 19.0 Å². The molecule has 0 spiro atoms. The largest absolute Gasteiger partial charge is 0.497 e. The molecule has 1 aromatic carbocycles. The van der Waals surface area contributed by atoms with E-state index in [1.165, 1.54) is 39.0 Å². The molecule has 0 saturated carbocycles. The maximum Gasteiger partial charge on any atom is 0.332 e. The summed E-state index contributed by atoms with van der Waals surface area (Å²) in [6.45, 7) is 0.572. The van der Waals surface area contributed by atoms with Gasteiger partial charge < -0.3 is 24.1 Å². The predicted molar refractivity (Wildman–Crippen MR) is 112 cm³/mol. The van der Waals surface area contributed by atoms with Crippen molar-refractivity contribution in [2.24, 2.45) is 14.1 Å². The molecule has 30 heavy (non-hydrogen) atoms. The van der Waals surface area contributed by atoms with Gasteiger partial charge in [0, 0.05) is 33.8 Å². The highest BCUT2D eigenvalue weighted by Gasteiger charge is 2.22. The van der Waals surface area contributed by atoms with Crippen LogP contribution in [0.1, 0.15) is 10.5 Å². The minimum atomic E-state index is -0.479. The minimum Gasteiger partial charge on any atom is -0.497 e. The van der Waals surface area contributed by atoms with E-state index in [-0.39, 0.29) is 17.6 Å². The maximum absolute atomic E-state index is 13.1. The number of nitrogens with one attached hydrogen (secondary N) is 1. The molecule has 3 aromatic rings. The molecule has 10 heteroatoms. The van der Waals surface area contributed by atoms with Gasteiger partial charge in [0.1, 0.15) is 22.8 Å². The van der Waals surface area contributed by atoms with Gasteiger partial charge in [0.2, 0.25) is 0 Å². The number of rotatable bonds is 7. The lowest BCUT2D eigenvalue weighted by atomic mass is 10.2. The van der Waals surface area contributed by atoms with Crippen LogP contribution in [0.5, 0.6) is 11.5 Å². The molecule has 2 heterocycles. The van der Waals surface area contributed by atoms with E-state index in [1.54, 1.807) is 29.8 Å². The second-order valence-electron chi connectivity index (χ2n) is 6.64. The SMILES string of the molecule is COCCn1c(C(=O)Nc2ccc(OC)cc2OC)cc2c(=O)n(C)c(=O)n(C)c21. The summed E-state index contributed by atoms with van der Waals surface area (Å²) < 4.78 is 19.6. The Labute approximate surface area is 172 Å². The molecule has 1 N–H and O–H groups in total. The number of carbonyl (C=O) groups is 1. The zero-order valence-corrected chi connectivity index (χ0v) is 17.5. The Morgan fingerprint density at radius 3 is 2.40 bits per heavy atom. The van der Waals surface area contributed by atoms with E-state index in [0.29, 0.717) is 29.4 Å². The molecule has 3 rings (SSSR count). The summed E-state index contributed by atoms with van der Waals surface area (Å²) in [5.41, 5.74) is 0.0623. The number of ether oxygens (including phenoxy) is 3. The van der Waals surface area contributed by atoms with Crippen LogP contribution in [0.3, 0.4) is 0 Å². The number of amides is 1. The molecular weight excluding hydrogens is 392 g/mol. The first-order valence-corrected chi connectivity index (χ1v) is 9.15. The van der Waals surface area contributed by atoms with E-state index in [0.717, 1.165) is 4.57 Å².